The van der Waals surface area contributed by atoms with Crippen LogP contribution in [-0.4, -0.2) is 5.92 Å². The minimum Gasteiger partial charge on any atom is -0.207 e. The fraction of sp³-hybridized carbons (Fsp3) is 1.00. The molecule has 30 valence electrons. The van der Waals surface area contributed by atoms with Gasteiger partial charge >= 0.3 is 0 Å². The summed E-state index contributed by atoms with van der Waals surface area (Å²) in [5, 5.41) is 0. The van der Waals surface area contributed by atoms with Crippen molar-refractivity contribution in [3.8, 4) is 0 Å². The third-order valence-corrected chi connectivity index (χ3v) is 0.314. The molecule has 0 aliphatic heterocycles. The van der Waals surface area contributed by atoms with Gasteiger partial charge in [-0.05, 0) is 0 Å². The molecule has 1 saturated carbocycles. The topological polar surface area (TPSA) is 0 Å². The van der Waals surface area contributed by atoms with Gasteiger partial charge in [-0.15, -0.1) is 0 Å². The van der Waals surface area contributed by atoms with Crippen molar-refractivity contribution in [1.82, 2.24) is 0 Å². The highest BCUT2D eigenvalue weighted by Gasteiger charge is 2.43. The molecule has 0 radical (unpaired) electrons. The van der Waals surface area contributed by atoms with E-state index in [9.17, 15) is 8.78 Å². The van der Waals surface area contributed by atoms with Crippen molar-refractivity contribution >= 4 is 0 Å². The maximum absolute atomic E-state index is 11.9. The van der Waals surface area contributed by atoms with E-state index in [1.54, 1.807) is 0 Å². The van der Waals surface area contributed by atoms with Crippen LogP contribution in [0, 0.1) is 0 Å². The Labute approximate surface area is 34.4 Å². The van der Waals surface area contributed by atoms with E-state index >= 15 is 0 Å². The van der Waals surface area contributed by atoms with Crippen LogP contribution in [0.3, 0.4) is 0 Å². The number of rotatable bonds is 0. The molecule has 1 aliphatic rings. The molecule has 0 aromatic heterocycles. The van der Waals surface area contributed by atoms with E-state index in [0.717, 1.165) is 0 Å². The minimum atomic E-state index is -3.79. The van der Waals surface area contributed by atoms with E-state index in [1.807, 2.05) is 0 Å². The van der Waals surface area contributed by atoms with Crippen LogP contribution in [0.1, 0.15) is 18.2 Å². The van der Waals surface area contributed by atoms with E-state index in [1.165, 1.54) is 0 Å². The molecule has 0 unspecified atom stereocenters. The van der Waals surface area contributed by atoms with Gasteiger partial charge in [-0.1, -0.05) is 0 Å². The second-order valence-electron chi connectivity index (χ2n) is 0.824. The Morgan fingerprint density at radius 2 is 1.80 bits per heavy atom. The molecule has 0 aromatic carbocycles. The predicted molar refractivity (Wildman–Crippen MR) is 14.2 cm³/mol. The second-order valence-corrected chi connectivity index (χ2v) is 0.824. The molecule has 0 N–H and O–H groups in total. The first-order valence-electron chi connectivity index (χ1n) is 3.13. The van der Waals surface area contributed by atoms with Crippen LogP contribution < -0.4 is 0 Å². The molecule has 0 heterocycles. The molecule has 0 spiro atoms. The quantitative estimate of drug-likeness (QED) is 0.414. The van der Waals surface area contributed by atoms with E-state index < -0.39 is 18.7 Å². The molecule has 0 aromatic rings. The van der Waals surface area contributed by atoms with Gasteiger partial charge in [-0.3, -0.25) is 0 Å². The molecule has 1 rings (SSSR count). The van der Waals surface area contributed by atoms with Crippen molar-refractivity contribution in [2.45, 2.75) is 18.7 Å². The SMILES string of the molecule is [2H]C1([2H])C([2H])([2H])C1(F)F. The van der Waals surface area contributed by atoms with Crippen molar-refractivity contribution in [1.29, 1.82) is 0 Å². The van der Waals surface area contributed by atoms with Gasteiger partial charge in [0.25, 0.3) is 0 Å². The monoisotopic (exact) mass is 82.1 g/mol. The largest absolute Gasteiger partial charge is 0.248 e. The van der Waals surface area contributed by atoms with Crippen molar-refractivity contribution < 1.29 is 14.3 Å². The van der Waals surface area contributed by atoms with Crippen molar-refractivity contribution in [3.05, 3.63) is 0 Å². The highest BCUT2D eigenvalue weighted by molar-refractivity contribution is 4.81. The number of alkyl halides is 2. The van der Waals surface area contributed by atoms with Crippen molar-refractivity contribution in [2.75, 3.05) is 0 Å². The maximum atomic E-state index is 11.9. The summed E-state index contributed by atoms with van der Waals surface area (Å²) in [6.07, 6.45) is -5.92. The smallest absolute Gasteiger partial charge is 0.207 e. The number of hydrogen-bond acceptors (Lipinski definition) is 0. The fourth-order valence-corrected chi connectivity index (χ4v) is 0.0472. The van der Waals surface area contributed by atoms with Crippen molar-refractivity contribution in [2.24, 2.45) is 0 Å². The summed E-state index contributed by atoms with van der Waals surface area (Å²) in [6, 6.07) is 0. The Balaban J connectivity index is 2.91. The van der Waals surface area contributed by atoms with Crippen LogP contribution in [0.4, 0.5) is 8.78 Å². The Kier molecular flexibility index (Phi) is 0.0943. The Hall–Kier alpha value is -0.140. The van der Waals surface area contributed by atoms with Crippen LogP contribution in [0.25, 0.3) is 0 Å². The van der Waals surface area contributed by atoms with Crippen LogP contribution in [0.15, 0.2) is 0 Å². The molecule has 2 heteroatoms. The molecule has 0 bridgehead atoms. The summed E-state index contributed by atoms with van der Waals surface area (Å²) in [5.74, 6) is -3.79. The first-order chi connectivity index (χ1) is 3.75. The lowest BCUT2D eigenvalue weighted by molar-refractivity contribution is 0.120. The lowest BCUT2D eigenvalue weighted by Crippen LogP contribution is -1.79. The van der Waals surface area contributed by atoms with Gasteiger partial charge < -0.3 is 0 Å². The third-order valence-electron chi connectivity index (χ3n) is 0.314. The van der Waals surface area contributed by atoms with E-state index in [4.69, 9.17) is 5.48 Å². The lowest BCUT2D eigenvalue weighted by atomic mass is 10.8. The summed E-state index contributed by atoms with van der Waals surface area (Å²) in [7, 11) is 0. The normalized spacial score (nSPS) is 62.0. The lowest BCUT2D eigenvalue weighted by Gasteiger charge is -1.76. The summed E-state index contributed by atoms with van der Waals surface area (Å²) < 4.78 is 49.5. The van der Waals surface area contributed by atoms with Gasteiger partial charge in [0.05, 0.1) is 0 Å². The molecular weight excluding hydrogens is 74.0 g/mol. The fourth-order valence-electron chi connectivity index (χ4n) is 0.0472. The van der Waals surface area contributed by atoms with Gasteiger partial charge in [0.15, 0.2) is 0 Å². The highest BCUT2D eigenvalue weighted by atomic mass is 19.3. The minimum absolute atomic E-state index is 2.96. The Bertz CT molecular complexity index is 111. The van der Waals surface area contributed by atoms with Gasteiger partial charge in [-0.2, -0.15) is 0 Å². The van der Waals surface area contributed by atoms with E-state index in [2.05, 4.69) is 0 Å². The van der Waals surface area contributed by atoms with Gasteiger partial charge in [0.1, 0.15) is 0 Å². The second kappa shape index (κ2) is 0.511. The standard InChI is InChI=1S/C3H4F2/c4-3(5)1-2-3/h1-2H2/i1D2,2D2. The van der Waals surface area contributed by atoms with E-state index in [-0.39, 0.29) is 0 Å². The van der Waals surface area contributed by atoms with Crippen LogP contribution in [-0.2, 0) is 0 Å². The number of halogens is 2. The predicted octanol–water partition coefficient (Wildman–Crippen LogP) is 1.42. The molecule has 0 saturated heterocycles. The molecule has 1 aliphatic carbocycles. The zero-order valence-corrected chi connectivity index (χ0v) is 2.26. The van der Waals surface area contributed by atoms with E-state index in [0.29, 0.717) is 0 Å². The van der Waals surface area contributed by atoms with Crippen LogP contribution >= 0.6 is 0 Å². The summed E-state index contributed by atoms with van der Waals surface area (Å²) in [5.41, 5.74) is 0. The van der Waals surface area contributed by atoms with Crippen molar-refractivity contribution in [3.63, 3.8) is 0 Å². The van der Waals surface area contributed by atoms with Gasteiger partial charge in [0.2, 0.25) is 5.92 Å². The Morgan fingerprint density at radius 3 is 1.80 bits per heavy atom. The molecule has 5 heavy (non-hydrogen) atoms. The molecule has 0 nitrogen and oxygen atoms in total. The average Bonchev–Trinajstić information content (AvgIpc) is 1.84. The zero-order chi connectivity index (χ0) is 7.50. The van der Waals surface area contributed by atoms with Crippen LogP contribution in [0.5, 0.6) is 0 Å². The maximum Gasteiger partial charge on any atom is 0.248 e. The first kappa shape index (κ1) is 0.922. The molecule has 0 amide bonds. The summed E-state index contributed by atoms with van der Waals surface area (Å²) in [4.78, 5) is 0. The summed E-state index contributed by atoms with van der Waals surface area (Å²) in [6.45, 7) is 0. The highest BCUT2D eigenvalue weighted by Crippen LogP contribution is 2.40. The Morgan fingerprint density at radius 1 is 1.60 bits per heavy atom. The van der Waals surface area contributed by atoms with Crippen LogP contribution in [0.2, 0.25) is 0 Å². The average molecular weight is 82.1 g/mol. The molecule has 1 fully saturated rings. The summed E-state index contributed by atoms with van der Waals surface area (Å²) >= 11 is 0. The van der Waals surface area contributed by atoms with Gasteiger partial charge in [-0.25, -0.2) is 8.78 Å². The third kappa shape index (κ3) is 0.565. The number of hydrogen-bond donors (Lipinski definition) is 0. The first-order valence-corrected chi connectivity index (χ1v) is 1.13. The molecule has 0 atom stereocenters. The molecular formula is C3H4F2. The zero-order valence-electron chi connectivity index (χ0n) is 6.26. The van der Waals surface area contributed by atoms with Gasteiger partial charge in [0, 0.05) is 18.2 Å².